The number of anilines is 1. The van der Waals surface area contributed by atoms with Crippen LogP contribution in [0.2, 0.25) is 0 Å². The zero-order valence-electron chi connectivity index (χ0n) is 15.5. The van der Waals surface area contributed by atoms with E-state index in [1.807, 2.05) is 0 Å². The Balaban J connectivity index is 2.13. The molecule has 0 aromatic heterocycles. The fraction of sp³-hybridized carbons (Fsp3) is 0.611. The number of amides is 1. The van der Waals surface area contributed by atoms with Gasteiger partial charge in [0.2, 0.25) is 5.91 Å². The van der Waals surface area contributed by atoms with Crippen LogP contribution in [0.25, 0.3) is 0 Å². The SMILES string of the molecule is C[C@@H]1[C@H](C)CCC[C@@H]1N[C@@H](C)C(=O)Nc1ccc([N+](=O)[O-])cc1C(F)(F)F. The Morgan fingerprint density at radius 1 is 1.30 bits per heavy atom. The van der Waals surface area contributed by atoms with Crippen molar-refractivity contribution in [2.24, 2.45) is 11.8 Å². The smallest absolute Gasteiger partial charge is 0.324 e. The first-order chi connectivity index (χ1) is 12.5. The maximum atomic E-state index is 13.2. The zero-order valence-corrected chi connectivity index (χ0v) is 15.5. The molecular weight excluding hydrogens is 363 g/mol. The number of nitrogens with zero attached hydrogens (tertiary/aromatic N) is 1. The van der Waals surface area contributed by atoms with Crippen molar-refractivity contribution in [1.82, 2.24) is 5.32 Å². The highest BCUT2D eigenvalue weighted by Gasteiger charge is 2.36. The Morgan fingerprint density at radius 2 is 1.96 bits per heavy atom. The first-order valence-corrected chi connectivity index (χ1v) is 8.93. The van der Waals surface area contributed by atoms with E-state index in [0.717, 1.165) is 31.4 Å². The monoisotopic (exact) mass is 387 g/mol. The molecule has 0 saturated heterocycles. The largest absolute Gasteiger partial charge is 0.418 e. The number of non-ortho nitro benzene ring substituents is 1. The van der Waals surface area contributed by atoms with Gasteiger partial charge in [0.15, 0.2) is 0 Å². The van der Waals surface area contributed by atoms with Crippen molar-refractivity contribution in [3.8, 4) is 0 Å². The van der Waals surface area contributed by atoms with Crippen molar-refractivity contribution < 1.29 is 22.9 Å². The van der Waals surface area contributed by atoms with Crippen molar-refractivity contribution in [1.29, 1.82) is 0 Å². The molecule has 2 rings (SSSR count). The third-order valence-electron chi connectivity index (χ3n) is 5.34. The molecule has 0 heterocycles. The van der Waals surface area contributed by atoms with E-state index in [1.54, 1.807) is 6.92 Å². The molecule has 1 fully saturated rings. The first-order valence-electron chi connectivity index (χ1n) is 8.93. The van der Waals surface area contributed by atoms with Crippen LogP contribution in [0.4, 0.5) is 24.5 Å². The maximum Gasteiger partial charge on any atom is 0.418 e. The second-order valence-electron chi connectivity index (χ2n) is 7.24. The number of nitrogens with one attached hydrogen (secondary N) is 2. The Kier molecular flexibility index (Phi) is 6.46. The van der Waals surface area contributed by atoms with E-state index in [-0.39, 0.29) is 6.04 Å². The predicted octanol–water partition coefficient (Wildman–Crippen LogP) is 4.35. The lowest BCUT2D eigenvalue weighted by molar-refractivity contribution is -0.385. The van der Waals surface area contributed by atoms with Crippen LogP contribution in [0.5, 0.6) is 0 Å². The van der Waals surface area contributed by atoms with Crippen LogP contribution in [0.3, 0.4) is 0 Å². The number of alkyl halides is 3. The highest BCUT2D eigenvalue weighted by atomic mass is 19.4. The molecule has 9 heteroatoms. The van der Waals surface area contributed by atoms with Gasteiger partial charge >= 0.3 is 6.18 Å². The van der Waals surface area contributed by atoms with Gasteiger partial charge in [0, 0.05) is 18.2 Å². The summed E-state index contributed by atoms with van der Waals surface area (Å²) in [6.45, 7) is 5.85. The van der Waals surface area contributed by atoms with Crippen LogP contribution in [0, 0.1) is 22.0 Å². The number of carbonyl (C=O) groups is 1. The quantitative estimate of drug-likeness (QED) is 0.581. The molecule has 1 aromatic rings. The fourth-order valence-corrected chi connectivity index (χ4v) is 3.44. The van der Waals surface area contributed by atoms with E-state index in [4.69, 9.17) is 0 Å². The molecule has 0 radical (unpaired) electrons. The molecule has 2 N–H and O–H groups in total. The van der Waals surface area contributed by atoms with Crippen molar-refractivity contribution in [3.63, 3.8) is 0 Å². The molecule has 1 amide bonds. The molecule has 1 aliphatic carbocycles. The second-order valence-corrected chi connectivity index (χ2v) is 7.24. The molecule has 150 valence electrons. The average molecular weight is 387 g/mol. The van der Waals surface area contributed by atoms with Gasteiger partial charge in [-0.2, -0.15) is 13.2 Å². The average Bonchev–Trinajstić information content (AvgIpc) is 2.58. The normalized spacial score (nSPS) is 24.3. The van der Waals surface area contributed by atoms with Gasteiger partial charge in [0.05, 0.1) is 22.2 Å². The molecule has 4 atom stereocenters. The molecule has 0 bridgehead atoms. The van der Waals surface area contributed by atoms with Crippen molar-refractivity contribution in [2.45, 2.75) is 58.3 Å². The van der Waals surface area contributed by atoms with E-state index in [9.17, 15) is 28.1 Å². The molecule has 1 saturated carbocycles. The summed E-state index contributed by atoms with van der Waals surface area (Å²) in [5, 5.41) is 16.2. The lowest BCUT2D eigenvalue weighted by atomic mass is 9.78. The molecular formula is C18H24F3N3O3. The van der Waals surface area contributed by atoms with Gasteiger partial charge in [0.1, 0.15) is 0 Å². The molecule has 0 aliphatic heterocycles. The summed E-state index contributed by atoms with van der Waals surface area (Å²) >= 11 is 0. The molecule has 1 aromatic carbocycles. The van der Waals surface area contributed by atoms with Crippen molar-refractivity contribution in [2.75, 3.05) is 5.32 Å². The third-order valence-corrected chi connectivity index (χ3v) is 5.34. The summed E-state index contributed by atoms with van der Waals surface area (Å²) in [4.78, 5) is 22.2. The fourth-order valence-electron chi connectivity index (χ4n) is 3.44. The van der Waals surface area contributed by atoms with Crippen LogP contribution < -0.4 is 10.6 Å². The highest BCUT2D eigenvalue weighted by Crippen LogP contribution is 2.37. The van der Waals surface area contributed by atoms with Gasteiger partial charge in [-0.3, -0.25) is 14.9 Å². The number of nitro groups is 1. The van der Waals surface area contributed by atoms with Gasteiger partial charge in [-0.1, -0.05) is 26.7 Å². The minimum atomic E-state index is -4.82. The lowest BCUT2D eigenvalue weighted by Gasteiger charge is -2.36. The Bertz CT molecular complexity index is 709. The maximum absolute atomic E-state index is 13.2. The molecule has 1 aliphatic rings. The van der Waals surface area contributed by atoms with Crippen molar-refractivity contribution >= 4 is 17.3 Å². The number of hydrogen-bond acceptors (Lipinski definition) is 4. The third kappa shape index (κ3) is 5.18. The van der Waals surface area contributed by atoms with Gasteiger partial charge in [-0.25, -0.2) is 0 Å². The summed E-state index contributed by atoms with van der Waals surface area (Å²) in [6, 6.07) is 1.70. The van der Waals surface area contributed by atoms with Crippen LogP contribution in [0.15, 0.2) is 18.2 Å². The topological polar surface area (TPSA) is 84.3 Å². The Labute approximate surface area is 155 Å². The number of nitro benzene ring substituents is 1. The first kappa shape index (κ1) is 21.1. The standard InChI is InChI=1S/C18H24F3N3O3/c1-10-5-4-6-15(11(10)2)22-12(3)17(25)23-16-8-7-13(24(26)27)9-14(16)18(19,20)21/h7-12,15,22H,4-6H2,1-3H3,(H,23,25)/t10-,11-,12+,15+/m1/s1. The van der Waals surface area contributed by atoms with E-state index < -0.39 is 40.0 Å². The molecule has 6 nitrogen and oxygen atoms in total. The van der Waals surface area contributed by atoms with Crippen LogP contribution in [-0.4, -0.2) is 22.9 Å². The minimum Gasteiger partial charge on any atom is -0.324 e. The number of hydrogen-bond donors (Lipinski definition) is 2. The second kappa shape index (κ2) is 8.24. The van der Waals surface area contributed by atoms with Gasteiger partial charge in [0.25, 0.3) is 5.69 Å². The van der Waals surface area contributed by atoms with Crippen molar-refractivity contribution in [3.05, 3.63) is 33.9 Å². The van der Waals surface area contributed by atoms with Crippen LogP contribution >= 0.6 is 0 Å². The van der Waals surface area contributed by atoms with E-state index in [0.29, 0.717) is 17.9 Å². The number of halogens is 3. The Hall–Kier alpha value is -2.16. The number of benzene rings is 1. The lowest BCUT2D eigenvalue weighted by Crippen LogP contribution is -2.49. The predicted molar refractivity (Wildman–Crippen MR) is 95.3 cm³/mol. The number of carbonyl (C=O) groups excluding carboxylic acids is 1. The van der Waals surface area contributed by atoms with Crippen LogP contribution in [0.1, 0.15) is 45.6 Å². The minimum absolute atomic E-state index is 0.119. The summed E-state index contributed by atoms with van der Waals surface area (Å²) in [6.07, 6.45) is -1.75. The zero-order chi connectivity index (χ0) is 20.4. The molecule has 27 heavy (non-hydrogen) atoms. The van der Waals surface area contributed by atoms with Gasteiger partial charge < -0.3 is 10.6 Å². The molecule has 0 spiro atoms. The van der Waals surface area contributed by atoms with E-state index >= 15 is 0 Å². The van der Waals surface area contributed by atoms with Gasteiger partial charge in [-0.05, 0) is 31.2 Å². The molecule has 0 unspecified atom stereocenters. The van der Waals surface area contributed by atoms with Crippen LogP contribution in [-0.2, 0) is 11.0 Å². The number of rotatable bonds is 5. The Morgan fingerprint density at radius 3 is 2.56 bits per heavy atom. The highest BCUT2D eigenvalue weighted by molar-refractivity contribution is 5.95. The van der Waals surface area contributed by atoms with E-state index in [1.165, 1.54) is 0 Å². The summed E-state index contributed by atoms with van der Waals surface area (Å²) in [7, 11) is 0. The van der Waals surface area contributed by atoms with E-state index in [2.05, 4.69) is 24.5 Å². The summed E-state index contributed by atoms with van der Waals surface area (Å²) in [5.41, 5.74) is -2.41. The summed E-state index contributed by atoms with van der Waals surface area (Å²) in [5.74, 6) is 0.261. The summed E-state index contributed by atoms with van der Waals surface area (Å²) < 4.78 is 39.7. The van der Waals surface area contributed by atoms with Gasteiger partial charge in [-0.15, -0.1) is 0 Å².